The normalized spacial score (nSPS) is 10.5. The van der Waals surface area contributed by atoms with Crippen LogP contribution in [0.15, 0.2) is 121 Å². The van der Waals surface area contributed by atoms with Crippen molar-refractivity contribution in [1.29, 1.82) is 0 Å². The van der Waals surface area contributed by atoms with Crippen molar-refractivity contribution in [2.45, 2.75) is 72.6 Å². The van der Waals surface area contributed by atoms with Gasteiger partial charge in [0.15, 0.2) is 0 Å². The molecule has 0 spiro atoms. The van der Waals surface area contributed by atoms with Crippen LogP contribution in [0, 0.1) is 3.57 Å². The number of rotatable bonds is 11. The summed E-state index contributed by atoms with van der Waals surface area (Å²) >= 11 is 0.184. The average Bonchev–Trinajstić information content (AvgIpc) is 2.99. The summed E-state index contributed by atoms with van der Waals surface area (Å²) in [5.41, 5.74) is 2.55. The Morgan fingerprint density at radius 2 is 0.763 bits per heavy atom. The fourth-order valence-electron chi connectivity index (χ4n) is 4.82. The molecule has 2 heteroatoms. The van der Waals surface area contributed by atoms with Crippen molar-refractivity contribution >= 4 is 44.5 Å². The second kappa shape index (κ2) is 20.3. The molecule has 4 aromatic carbocycles. The van der Waals surface area contributed by atoms with Crippen LogP contribution in [0.1, 0.15) is 59.3 Å². The minimum Gasteiger partial charge on any atom is -0.0622 e. The van der Waals surface area contributed by atoms with E-state index in [-0.39, 0.29) is 0 Å². The summed E-state index contributed by atoms with van der Waals surface area (Å²) in [6, 6.07) is 42.6. The van der Waals surface area contributed by atoms with Gasteiger partial charge in [-0.25, -0.2) is 0 Å². The molecule has 0 heterocycles. The third-order valence-corrected chi connectivity index (χ3v) is 23.4. The first-order valence-corrected chi connectivity index (χ1v) is 23.1. The van der Waals surface area contributed by atoms with Gasteiger partial charge in [0.1, 0.15) is 0 Å². The van der Waals surface area contributed by atoms with Crippen LogP contribution in [0.5, 0.6) is 0 Å². The monoisotopic (exact) mass is 726 g/mol. The zero-order chi connectivity index (χ0) is 27.3. The largest absolute Gasteiger partial charge is 0.0622 e. The van der Waals surface area contributed by atoms with Crippen LogP contribution in [0.4, 0.5) is 0 Å². The number of hydrogen-bond acceptors (Lipinski definition) is 0. The average molecular weight is 725 g/mol. The van der Waals surface area contributed by atoms with Crippen LogP contribution in [0.2, 0.25) is 13.3 Å². The first-order valence-electron chi connectivity index (χ1n) is 14.5. The van der Waals surface area contributed by atoms with Crippen molar-refractivity contribution in [1.82, 2.24) is 0 Å². The molecule has 0 saturated carbocycles. The van der Waals surface area contributed by atoms with Gasteiger partial charge in [-0.05, 0) is 45.9 Å². The molecule has 0 amide bonds. The van der Waals surface area contributed by atoms with E-state index >= 15 is 0 Å². The molecule has 0 aliphatic carbocycles. The molecule has 202 valence electrons. The molecule has 0 fully saturated rings. The minimum atomic E-state index is -2.10. The van der Waals surface area contributed by atoms with E-state index in [9.17, 15) is 0 Å². The maximum atomic E-state index is 2.46. The molecule has 0 atom stereocenters. The predicted octanol–water partition coefficient (Wildman–Crippen LogP) is 11.4. The molecule has 38 heavy (non-hydrogen) atoms. The first-order chi connectivity index (χ1) is 18.6. The molecule has 0 bridgehead atoms. The molecular formula is C36H47ISn. The number of halogens is 1. The van der Waals surface area contributed by atoms with Crippen LogP contribution >= 0.6 is 22.6 Å². The Labute approximate surface area is 251 Å². The molecule has 4 aromatic rings. The van der Waals surface area contributed by atoms with Gasteiger partial charge in [-0.1, -0.05) is 78.9 Å². The quantitative estimate of drug-likeness (QED) is 0.107. The molecule has 0 aliphatic rings. The zero-order valence-corrected chi connectivity index (χ0v) is 28.8. The molecule has 0 aliphatic heterocycles. The summed E-state index contributed by atoms with van der Waals surface area (Å²) in [5.74, 6) is 0. The van der Waals surface area contributed by atoms with E-state index in [2.05, 4.69) is 134 Å². The number of unbranched alkanes of at least 4 members (excludes halogenated alkanes) is 3. The Kier molecular flexibility index (Phi) is 17.5. The Bertz CT molecular complexity index is 1010. The summed E-state index contributed by atoms with van der Waals surface area (Å²) in [5, 5.41) is 0. The van der Waals surface area contributed by atoms with Crippen LogP contribution in [-0.2, 0) is 0 Å². The van der Waals surface area contributed by atoms with Gasteiger partial charge in [0.25, 0.3) is 0 Å². The van der Waals surface area contributed by atoms with Crippen molar-refractivity contribution in [3.05, 3.63) is 125 Å². The standard InChI is InChI=1S/C12H10.C6H5I.C6H5.3C4H9.Sn/c1-3-7-11(8-4-1)12-9-5-2-6-10-12;7-6-4-2-1-3-5-6;1-2-4-6-5-3-1;3*1-3-4-2;/h1-10H;1-5H;1-5H;3*1,3-4H2,2H3;. The molecule has 0 saturated heterocycles. The summed E-state index contributed by atoms with van der Waals surface area (Å²) < 4.78 is 7.83. The van der Waals surface area contributed by atoms with Crippen LogP contribution in [0.3, 0.4) is 0 Å². The van der Waals surface area contributed by atoms with Crippen LogP contribution in [-0.4, -0.2) is 18.4 Å². The van der Waals surface area contributed by atoms with Gasteiger partial charge >= 0.3 is 125 Å². The van der Waals surface area contributed by atoms with Crippen LogP contribution < -0.4 is 3.58 Å². The van der Waals surface area contributed by atoms with Crippen molar-refractivity contribution in [2.75, 3.05) is 0 Å². The summed E-state index contributed by atoms with van der Waals surface area (Å²) in [4.78, 5) is 0. The Morgan fingerprint density at radius 1 is 0.447 bits per heavy atom. The summed E-state index contributed by atoms with van der Waals surface area (Å²) in [7, 11) is 0. The molecular weight excluding hydrogens is 678 g/mol. The van der Waals surface area contributed by atoms with Crippen molar-refractivity contribution in [3.63, 3.8) is 0 Å². The molecule has 4 rings (SSSR count). The van der Waals surface area contributed by atoms with Crippen molar-refractivity contribution < 1.29 is 0 Å². The zero-order valence-electron chi connectivity index (χ0n) is 23.8. The Hall–Kier alpha value is -1.59. The SMILES string of the molecule is CCC[CH2][Sn]([CH2]CCC)([CH2]CCC)[c]1ccccc1.Ic1ccccc1.c1ccc(-c2ccccc2)cc1. The van der Waals surface area contributed by atoms with Gasteiger partial charge in [-0.2, -0.15) is 0 Å². The Balaban J connectivity index is 0.000000224. The van der Waals surface area contributed by atoms with E-state index in [0.29, 0.717) is 0 Å². The third kappa shape index (κ3) is 12.5. The van der Waals surface area contributed by atoms with E-state index in [0.717, 1.165) is 0 Å². The smallest absolute Gasteiger partial charge is 0.0130 e. The van der Waals surface area contributed by atoms with E-state index < -0.39 is 18.4 Å². The van der Waals surface area contributed by atoms with Gasteiger partial charge in [0, 0.05) is 3.57 Å². The molecule has 0 unspecified atom stereocenters. The fourth-order valence-corrected chi connectivity index (χ4v) is 21.2. The van der Waals surface area contributed by atoms with E-state index in [1.54, 1.807) is 16.9 Å². The third-order valence-electron chi connectivity index (χ3n) is 7.03. The van der Waals surface area contributed by atoms with Gasteiger partial charge < -0.3 is 0 Å². The van der Waals surface area contributed by atoms with Gasteiger partial charge in [0.2, 0.25) is 0 Å². The Morgan fingerprint density at radius 3 is 1.05 bits per heavy atom. The van der Waals surface area contributed by atoms with E-state index in [4.69, 9.17) is 0 Å². The minimum absolute atomic E-state index is 1.28. The molecule has 0 radical (unpaired) electrons. The summed E-state index contributed by atoms with van der Waals surface area (Å²) in [6.07, 6.45) is 8.46. The first kappa shape index (κ1) is 32.6. The fraction of sp³-hybridized carbons (Fsp3) is 0.333. The van der Waals surface area contributed by atoms with Gasteiger partial charge in [-0.3, -0.25) is 0 Å². The van der Waals surface area contributed by atoms with Gasteiger partial charge in [-0.15, -0.1) is 0 Å². The van der Waals surface area contributed by atoms with E-state index in [1.165, 1.54) is 53.2 Å². The molecule has 0 nitrogen and oxygen atoms in total. The maximum absolute atomic E-state index is 2.46. The number of benzene rings is 4. The molecule has 0 N–H and O–H groups in total. The second-order valence-electron chi connectivity index (χ2n) is 9.98. The van der Waals surface area contributed by atoms with Crippen LogP contribution in [0.25, 0.3) is 11.1 Å². The van der Waals surface area contributed by atoms with Gasteiger partial charge in [0.05, 0.1) is 0 Å². The van der Waals surface area contributed by atoms with E-state index in [1.807, 2.05) is 30.3 Å². The second-order valence-corrected chi connectivity index (χ2v) is 24.5. The summed E-state index contributed by atoms with van der Waals surface area (Å²) in [6.45, 7) is 7.05. The predicted molar refractivity (Wildman–Crippen MR) is 182 cm³/mol. The van der Waals surface area contributed by atoms with Crippen molar-refractivity contribution in [3.8, 4) is 11.1 Å². The maximum Gasteiger partial charge on any atom is 0.0130 e. The van der Waals surface area contributed by atoms with Crippen molar-refractivity contribution in [2.24, 2.45) is 0 Å². The topological polar surface area (TPSA) is 0 Å². The number of hydrogen-bond donors (Lipinski definition) is 0. The molecule has 0 aromatic heterocycles.